The van der Waals surface area contributed by atoms with Gasteiger partial charge < -0.3 is 16.0 Å². The molecule has 3 aromatic heterocycles. The number of aromatic nitrogens is 4. The Kier molecular flexibility index (Phi) is 5.85. The van der Waals surface area contributed by atoms with Crippen LogP contribution in [-0.4, -0.2) is 26.5 Å². The molecule has 0 saturated heterocycles. The molecule has 3 rings (SSSR count). The van der Waals surface area contributed by atoms with Crippen molar-refractivity contribution in [1.29, 1.82) is 0 Å². The number of aromatic amines is 1. The first-order valence-corrected chi connectivity index (χ1v) is 8.33. The Hall–Kier alpha value is -1.99. The molecule has 0 fully saturated rings. The second-order valence-electron chi connectivity index (χ2n) is 4.49. The number of nitrogens with two attached hydrogens (primary N) is 1. The zero-order valence-electron chi connectivity index (χ0n) is 13.2. The van der Waals surface area contributed by atoms with Crippen LogP contribution in [0.15, 0.2) is 17.6 Å². The summed E-state index contributed by atoms with van der Waals surface area (Å²) in [4.78, 5) is 16.4. The fourth-order valence-corrected chi connectivity index (χ4v) is 2.66. The average molecular weight is 318 g/mol. The Labute approximate surface area is 134 Å². The minimum Gasteiger partial charge on any atom is -0.363 e. The lowest BCUT2D eigenvalue weighted by molar-refractivity contribution is 0.936. The highest BCUT2D eigenvalue weighted by molar-refractivity contribution is 7.09. The summed E-state index contributed by atoms with van der Waals surface area (Å²) < 4.78 is 0. The van der Waals surface area contributed by atoms with Crippen LogP contribution in [0.25, 0.3) is 11.0 Å². The molecule has 0 saturated carbocycles. The molecule has 0 aliphatic heterocycles. The van der Waals surface area contributed by atoms with Crippen LogP contribution in [0.5, 0.6) is 0 Å². The zero-order chi connectivity index (χ0) is 15.9. The van der Waals surface area contributed by atoms with E-state index in [1.807, 2.05) is 26.2 Å². The monoisotopic (exact) mass is 318 g/mol. The predicted octanol–water partition coefficient (Wildman–Crippen LogP) is 2.86. The molecule has 0 aliphatic carbocycles. The van der Waals surface area contributed by atoms with Crippen LogP contribution in [0.1, 0.15) is 30.4 Å². The zero-order valence-corrected chi connectivity index (χ0v) is 14.0. The van der Waals surface area contributed by atoms with Gasteiger partial charge in [-0.25, -0.2) is 15.0 Å². The van der Waals surface area contributed by atoms with Crippen molar-refractivity contribution in [1.82, 2.24) is 19.9 Å². The number of H-pyrrole nitrogens is 1. The molecule has 0 spiro atoms. The average Bonchev–Trinajstić information content (AvgIpc) is 3.16. The van der Waals surface area contributed by atoms with Gasteiger partial charge in [0.25, 0.3) is 0 Å². The maximum absolute atomic E-state index is 5.59. The van der Waals surface area contributed by atoms with Crippen LogP contribution in [0.2, 0.25) is 0 Å². The lowest BCUT2D eigenvalue weighted by Gasteiger charge is -2.05. The van der Waals surface area contributed by atoms with Gasteiger partial charge in [0, 0.05) is 17.3 Å². The smallest absolute Gasteiger partial charge is 0.143 e. The molecule has 7 heteroatoms. The van der Waals surface area contributed by atoms with Gasteiger partial charge in [-0.2, -0.15) is 0 Å². The molecule has 22 heavy (non-hydrogen) atoms. The van der Waals surface area contributed by atoms with Gasteiger partial charge in [0.15, 0.2) is 0 Å². The Morgan fingerprint density at radius 1 is 1.32 bits per heavy atom. The number of thiazole rings is 1. The van der Waals surface area contributed by atoms with Crippen molar-refractivity contribution >= 4 is 28.2 Å². The van der Waals surface area contributed by atoms with Crippen molar-refractivity contribution in [3.8, 4) is 0 Å². The number of anilines is 1. The van der Waals surface area contributed by atoms with Crippen LogP contribution in [0.3, 0.4) is 0 Å². The fraction of sp³-hybridized carbons (Fsp3) is 0.400. The molecular formula is C15H22N6S. The highest BCUT2D eigenvalue weighted by Gasteiger charge is 2.09. The molecule has 0 aliphatic rings. The maximum atomic E-state index is 5.59. The summed E-state index contributed by atoms with van der Waals surface area (Å²) in [7, 11) is 0. The number of aryl methyl sites for hydroxylation is 1. The quantitative estimate of drug-likeness (QED) is 0.672. The molecule has 0 bridgehead atoms. The van der Waals surface area contributed by atoms with Crippen LogP contribution >= 0.6 is 11.3 Å². The second-order valence-corrected chi connectivity index (χ2v) is 5.47. The first kappa shape index (κ1) is 16.4. The molecule has 118 valence electrons. The predicted molar refractivity (Wildman–Crippen MR) is 92.2 cm³/mol. The summed E-state index contributed by atoms with van der Waals surface area (Å²) in [6.07, 6.45) is 2.61. The number of fused-ring (bicyclic) bond motifs is 1. The lowest BCUT2D eigenvalue weighted by Crippen LogP contribution is -2.03. The lowest BCUT2D eigenvalue weighted by atomic mass is 10.3. The molecule has 0 atom stereocenters. The molecule has 0 radical (unpaired) electrons. The second kappa shape index (κ2) is 7.86. The van der Waals surface area contributed by atoms with Crippen LogP contribution in [-0.2, 0) is 13.0 Å². The summed E-state index contributed by atoms with van der Waals surface area (Å²) in [5.74, 6) is 1.57. The summed E-state index contributed by atoms with van der Waals surface area (Å²) in [6, 6.07) is 2.06. The van der Waals surface area contributed by atoms with E-state index in [9.17, 15) is 0 Å². The largest absolute Gasteiger partial charge is 0.363 e. The maximum Gasteiger partial charge on any atom is 0.143 e. The van der Waals surface area contributed by atoms with E-state index >= 15 is 0 Å². The number of nitrogens with one attached hydrogen (secondary N) is 2. The first-order chi connectivity index (χ1) is 10.8. The van der Waals surface area contributed by atoms with Gasteiger partial charge in [0.1, 0.15) is 22.3 Å². The van der Waals surface area contributed by atoms with E-state index in [4.69, 9.17) is 5.73 Å². The van der Waals surface area contributed by atoms with Crippen molar-refractivity contribution in [3.63, 3.8) is 0 Å². The molecule has 6 nitrogen and oxygen atoms in total. The van der Waals surface area contributed by atoms with E-state index < -0.39 is 0 Å². The van der Waals surface area contributed by atoms with Crippen LogP contribution < -0.4 is 11.1 Å². The SMILES string of the molecule is CC.Cc1nc(NCc2nccs2)c2cc(CCN)[nH]c2n1. The summed E-state index contributed by atoms with van der Waals surface area (Å²) in [5.41, 5.74) is 7.53. The van der Waals surface area contributed by atoms with Crippen LogP contribution in [0.4, 0.5) is 5.82 Å². The first-order valence-electron chi connectivity index (χ1n) is 7.45. The highest BCUT2D eigenvalue weighted by atomic mass is 32.1. The Balaban J connectivity index is 0.000000847. The molecule has 3 aromatic rings. The fourth-order valence-electron chi connectivity index (χ4n) is 2.10. The Morgan fingerprint density at radius 3 is 2.82 bits per heavy atom. The van der Waals surface area contributed by atoms with E-state index in [1.165, 1.54) is 0 Å². The molecule has 0 amide bonds. The van der Waals surface area contributed by atoms with Gasteiger partial charge in [-0.3, -0.25) is 0 Å². The molecule has 0 aromatic carbocycles. The number of hydrogen-bond donors (Lipinski definition) is 3. The molecule has 3 heterocycles. The standard InChI is InChI=1S/C13H16N6S.C2H6/c1-8-17-12(16-7-11-15-4-5-20-11)10-6-9(2-3-14)19-13(10)18-8;1-2/h4-6H,2-3,7,14H2,1H3,(H2,16,17,18,19);1-2H3. The van der Waals surface area contributed by atoms with E-state index in [0.717, 1.165) is 39.8 Å². The minimum atomic E-state index is 0.612. The normalized spacial score (nSPS) is 10.4. The Morgan fingerprint density at radius 2 is 2.14 bits per heavy atom. The third-order valence-electron chi connectivity index (χ3n) is 2.96. The van der Waals surface area contributed by atoms with Gasteiger partial charge in [0.05, 0.1) is 11.9 Å². The highest BCUT2D eigenvalue weighted by Crippen LogP contribution is 2.22. The number of nitrogens with zero attached hydrogens (tertiary/aromatic N) is 3. The summed E-state index contributed by atoms with van der Waals surface area (Å²) in [6.45, 7) is 7.17. The summed E-state index contributed by atoms with van der Waals surface area (Å²) >= 11 is 1.62. The topological polar surface area (TPSA) is 92.5 Å². The third-order valence-corrected chi connectivity index (χ3v) is 3.74. The summed E-state index contributed by atoms with van der Waals surface area (Å²) in [5, 5.41) is 7.33. The van der Waals surface area contributed by atoms with Crippen molar-refractivity contribution in [2.45, 2.75) is 33.7 Å². The van der Waals surface area contributed by atoms with Gasteiger partial charge in [-0.1, -0.05) is 13.8 Å². The Bertz CT molecular complexity index is 704. The third kappa shape index (κ3) is 3.80. The van der Waals surface area contributed by atoms with Gasteiger partial charge in [0.2, 0.25) is 0 Å². The number of rotatable bonds is 5. The van der Waals surface area contributed by atoms with Crippen LogP contribution in [0, 0.1) is 6.92 Å². The van der Waals surface area contributed by atoms with E-state index in [-0.39, 0.29) is 0 Å². The molecular weight excluding hydrogens is 296 g/mol. The van der Waals surface area contributed by atoms with Gasteiger partial charge in [-0.15, -0.1) is 11.3 Å². The van der Waals surface area contributed by atoms with E-state index in [2.05, 4.69) is 31.3 Å². The van der Waals surface area contributed by atoms with Crippen molar-refractivity contribution < 1.29 is 0 Å². The van der Waals surface area contributed by atoms with Gasteiger partial charge >= 0.3 is 0 Å². The molecule has 4 N–H and O–H groups in total. The van der Waals surface area contributed by atoms with Gasteiger partial charge in [-0.05, 0) is 26.0 Å². The van der Waals surface area contributed by atoms with E-state index in [1.54, 1.807) is 17.5 Å². The van der Waals surface area contributed by atoms with Crippen molar-refractivity contribution in [2.75, 3.05) is 11.9 Å². The molecule has 0 unspecified atom stereocenters. The van der Waals surface area contributed by atoms with E-state index in [0.29, 0.717) is 13.1 Å². The van der Waals surface area contributed by atoms with Crippen molar-refractivity contribution in [2.24, 2.45) is 5.73 Å². The van der Waals surface area contributed by atoms with Crippen molar-refractivity contribution in [3.05, 3.63) is 34.2 Å². The minimum absolute atomic E-state index is 0.612. The number of hydrogen-bond acceptors (Lipinski definition) is 6.